The molecule has 0 bridgehead atoms. The fraction of sp³-hybridized carbons (Fsp3) is 0. The van der Waals surface area contributed by atoms with Crippen LogP contribution < -0.4 is 0 Å². The quantitative estimate of drug-likeness (QED) is 0.705. The molecule has 0 spiro atoms. The summed E-state index contributed by atoms with van der Waals surface area (Å²) in [4.78, 5) is 10.6. The molecule has 0 aliphatic carbocycles. The minimum atomic E-state index is -0.692. The van der Waals surface area contributed by atoms with Crippen LogP contribution in [0.1, 0.15) is 10.4 Å². The molecule has 16 heavy (non-hydrogen) atoms. The van der Waals surface area contributed by atoms with Crippen LogP contribution in [-0.2, 0) is 0 Å². The topological polar surface area (TPSA) is 17.1 Å². The number of carbonyl (C=O) groups excluding carboxylic acids is 1. The molecule has 0 aliphatic heterocycles. The largest absolute Gasteiger partial charge is 0.298 e. The van der Waals surface area contributed by atoms with Crippen molar-refractivity contribution in [2.24, 2.45) is 0 Å². The third kappa shape index (κ3) is 1.72. The SMILES string of the molecule is O=Cc1cccc(-c2ccccc2F)c1F. The third-order valence-corrected chi connectivity index (χ3v) is 2.32. The second kappa shape index (κ2) is 4.23. The molecule has 80 valence electrons. The summed E-state index contributed by atoms with van der Waals surface area (Å²) in [6.45, 7) is 0. The van der Waals surface area contributed by atoms with Crippen molar-refractivity contribution in [3.63, 3.8) is 0 Å². The van der Waals surface area contributed by atoms with Gasteiger partial charge in [0.25, 0.3) is 0 Å². The van der Waals surface area contributed by atoms with Gasteiger partial charge in [-0.3, -0.25) is 4.79 Å². The van der Waals surface area contributed by atoms with E-state index in [-0.39, 0.29) is 16.7 Å². The van der Waals surface area contributed by atoms with Crippen molar-refractivity contribution in [2.75, 3.05) is 0 Å². The fourth-order valence-corrected chi connectivity index (χ4v) is 1.53. The Morgan fingerprint density at radius 3 is 2.25 bits per heavy atom. The lowest BCUT2D eigenvalue weighted by Gasteiger charge is -2.05. The maximum atomic E-state index is 13.7. The minimum Gasteiger partial charge on any atom is -0.298 e. The number of benzene rings is 2. The fourth-order valence-electron chi connectivity index (χ4n) is 1.53. The van der Waals surface area contributed by atoms with E-state index in [2.05, 4.69) is 0 Å². The lowest BCUT2D eigenvalue weighted by molar-refractivity contribution is 0.112. The second-order valence-corrected chi connectivity index (χ2v) is 3.31. The predicted molar refractivity (Wildman–Crippen MR) is 57.2 cm³/mol. The summed E-state index contributed by atoms with van der Waals surface area (Å²) >= 11 is 0. The van der Waals surface area contributed by atoms with E-state index < -0.39 is 11.6 Å². The van der Waals surface area contributed by atoms with E-state index in [4.69, 9.17) is 0 Å². The van der Waals surface area contributed by atoms with Crippen LogP contribution in [0.25, 0.3) is 11.1 Å². The van der Waals surface area contributed by atoms with Gasteiger partial charge in [-0.15, -0.1) is 0 Å². The average molecular weight is 218 g/mol. The van der Waals surface area contributed by atoms with E-state index in [1.165, 1.54) is 36.4 Å². The minimum absolute atomic E-state index is 0.0687. The van der Waals surface area contributed by atoms with Gasteiger partial charge >= 0.3 is 0 Å². The Morgan fingerprint density at radius 1 is 0.875 bits per heavy atom. The van der Waals surface area contributed by atoms with Crippen molar-refractivity contribution in [2.45, 2.75) is 0 Å². The van der Waals surface area contributed by atoms with Crippen LogP contribution in [0.2, 0.25) is 0 Å². The predicted octanol–water partition coefficient (Wildman–Crippen LogP) is 3.44. The molecule has 0 fully saturated rings. The van der Waals surface area contributed by atoms with Gasteiger partial charge in [-0.25, -0.2) is 8.78 Å². The number of halogens is 2. The van der Waals surface area contributed by atoms with E-state index in [0.717, 1.165) is 0 Å². The molecule has 3 heteroatoms. The van der Waals surface area contributed by atoms with E-state index in [1.54, 1.807) is 6.07 Å². The molecule has 0 N–H and O–H groups in total. The monoisotopic (exact) mass is 218 g/mol. The number of aldehydes is 1. The standard InChI is InChI=1S/C13H8F2O/c14-12-7-2-1-5-10(12)11-6-3-4-9(8-16)13(11)15/h1-8H. The summed E-state index contributed by atoms with van der Waals surface area (Å²) < 4.78 is 27.2. The summed E-state index contributed by atoms with van der Waals surface area (Å²) in [6.07, 6.45) is 0.416. The van der Waals surface area contributed by atoms with Gasteiger partial charge in [0.1, 0.15) is 11.6 Å². The van der Waals surface area contributed by atoms with E-state index >= 15 is 0 Å². The Hall–Kier alpha value is -2.03. The second-order valence-electron chi connectivity index (χ2n) is 3.31. The van der Waals surface area contributed by atoms with Gasteiger partial charge in [-0.05, 0) is 12.1 Å². The molecule has 0 saturated carbocycles. The lowest BCUT2D eigenvalue weighted by Crippen LogP contribution is -1.93. The van der Waals surface area contributed by atoms with Gasteiger partial charge in [0, 0.05) is 11.1 Å². The van der Waals surface area contributed by atoms with E-state index in [0.29, 0.717) is 6.29 Å². The Bertz CT molecular complexity index is 535. The van der Waals surface area contributed by atoms with Gasteiger partial charge < -0.3 is 0 Å². The van der Waals surface area contributed by atoms with Gasteiger partial charge in [0.2, 0.25) is 0 Å². The van der Waals surface area contributed by atoms with Crippen molar-refractivity contribution in [3.05, 3.63) is 59.7 Å². The van der Waals surface area contributed by atoms with Gasteiger partial charge in [-0.2, -0.15) is 0 Å². The Labute approximate surface area is 91.3 Å². The first kappa shape index (κ1) is 10.5. The summed E-state index contributed by atoms with van der Waals surface area (Å²) in [6, 6.07) is 10.2. The number of hydrogen-bond acceptors (Lipinski definition) is 1. The van der Waals surface area contributed by atoms with Crippen LogP contribution >= 0.6 is 0 Å². The number of carbonyl (C=O) groups is 1. The highest BCUT2D eigenvalue weighted by atomic mass is 19.1. The van der Waals surface area contributed by atoms with Crippen molar-refractivity contribution in [3.8, 4) is 11.1 Å². The Balaban J connectivity index is 2.65. The Morgan fingerprint density at radius 2 is 1.56 bits per heavy atom. The summed E-state index contributed by atoms with van der Waals surface area (Å²) in [5.74, 6) is -1.20. The highest BCUT2D eigenvalue weighted by molar-refractivity contribution is 5.79. The number of hydrogen-bond donors (Lipinski definition) is 0. The lowest BCUT2D eigenvalue weighted by atomic mass is 10.0. The van der Waals surface area contributed by atoms with Crippen molar-refractivity contribution in [1.82, 2.24) is 0 Å². The molecule has 0 aromatic heterocycles. The van der Waals surface area contributed by atoms with Crippen molar-refractivity contribution in [1.29, 1.82) is 0 Å². The first-order valence-electron chi connectivity index (χ1n) is 4.72. The normalized spacial score (nSPS) is 10.1. The molecule has 2 rings (SSSR count). The summed E-state index contributed by atoms with van der Waals surface area (Å²) in [5.41, 5.74) is 0.187. The molecule has 0 atom stereocenters. The molecule has 0 amide bonds. The summed E-state index contributed by atoms with van der Waals surface area (Å²) in [5, 5.41) is 0. The van der Waals surface area contributed by atoms with E-state index in [9.17, 15) is 13.6 Å². The molecule has 0 aliphatic rings. The van der Waals surface area contributed by atoms with E-state index in [1.807, 2.05) is 0 Å². The van der Waals surface area contributed by atoms with Crippen LogP contribution in [-0.4, -0.2) is 6.29 Å². The molecule has 0 unspecified atom stereocenters. The zero-order valence-corrected chi connectivity index (χ0v) is 8.28. The molecular formula is C13H8F2O. The summed E-state index contributed by atoms with van der Waals surface area (Å²) in [7, 11) is 0. The van der Waals surface area contributed by atoms with Crippen LogP contribution in [0.3, 0.4) is 0 Å². The molecule has 2 aromatic carbocycles. The smallest absolute Gasteiger partial charge is 0.153 e. The van der Waals surface area contributed by atoms with Crippen molar-refractivity contribution < 1.29 is 13.6 Å². The van der Waals surface area contributed by atoms with Crippen LogP contribution in [0.5, 0.6) is 0 Å². The van der Waals surface area contributed by atoms with Gasteiger partial charge in [0.05, 0.1) is 5.56 Å². The maximum Gasteiger partial charge on any atom is 0.153 e. The Kier molecular flexibility index (Phi) is 2.77. The van der Waals surface area contributed by atoms with Gasteiger partial charge in [0.15, 0.2) is 6.29 Å². The zero-order valence-electron chi connectivity index (χ0n) is 8.28. The average Bonchev–Trinajstić information content (AvgIpc) is 2.31. The molecular weight excluding hydrogens is 210 g/mol. The van der Waals surface area contributed by atoms with Crippen LogP contribution in [0, 0.1) is 11.6 Å². The van der Waals surface area contributed by atoms with Crippen LogP contribution in [0.4, 0.5) is 8.78 Å². The highest BCUT2D eigenvalue weighted by Gasteiger charge is 2.11. The van der Waals surface area contributed by atoms with Crippen molar-refractivity contribution >= 4 is 6.29 Å². The third-order valence-electron chi connectivity index (χ3n) is 2.32. The zero-order chi connectivity index (χ0) is 11.5. The number of rotatable bonds is 2. The highest BCUT2D eigenvalue weighted by Crippen LogP contribution is 2.26. The molecule has 1 nitrogen and oxygen atoms in total. The first-order chi connectivity index (χ1) is 7.74. The molecule has 0 saturated heterocycles. The maximum absolute atomic E-state index is 13.7. The molecule has 2 aromatic rings. The first-order valence-corrected chi connectivity index (χ1v) is 4.72. The molecule has 0 heterocycles. The van der Waals surface area contributed by atoms with Gasteiger partial charge in [-0.1, -0.05) is 30.3 Å². The molecule has 0 radical (unpaired) electrons. The van der Waals surface area contributed by atoms with Crippen LogP contribution in [0.15, 0.2) is 42.5 Å².